The van der Waals surface area contributed by atoms with Crippen LogP contribution in [0.15, 0.2) is 48.0 Å². The van der Waals surface area contributed by atoms with Gasteiger partial charge in [0.05, 0.1) is 12.7 Å². The molecule has 0 radical (unpaired) electrons. The first kappa shape index (κ1) is 20.4. The summed E-state index contributed by atoms with van der Waals surface area (Å²) >= 11 is 1.57. The second kappa shape index (κ2) is 9.28. The number of aromatic nitrogens is 4. The third-order valence-corrected chi connectivity index (χ3v) is 5.33. The van der Waals surface area contributed by atoms with E-state index in [9.17, 15) is 5.26 Å². The number of thiophene rings is 1. The van der Waals surface area contributed by atoms with Crippen molar-refractivity contribution >= 4 is 28.8 Å². The number of H-pyrrole nitrogens is 1. The van der Waals surface area contributed by atoms with E-state index < -0.39 is 0 Å². The molecule has 0 amide bonds. The molecule has 0 unspecified atom stereocenters. The molecule has 0 saturated heterocycles. The molecule has 9 heteroatoms. The highest BCUT2D eigenvalue weighted by Gasteiger charge is 2.15. The van der Waals surface area contributed by atoms with Crippen molar-refractivity contribution in [2.24, 2.45) is 0 Å². The molecule has 0 atom stereocenters. The fraction of sp³-hybridized carbons (Fsp3) is 0.182. The van der Waals surface area contributed by atoms with Gasteiger partial charge in [0.15, 0.2) is 5.82 Å². The zero-order valence-corrected chi connectivity index (χ0v) is 18.0. The lowest BCUT2D eigenvalue weighted by atomic mass is 10.1. The standard InChI is InChI=1S/C22H21N7OS/c1-14-5-6-16(13-25-14)30-8-7-24-22-18(12-23)17(19-4-3-9-31-19)11-20(27-22)26-21-10-15(2)28-29-21/h3-6,9-11,13H,7-8H2,1-2H3,(H3,24,26,27,28,29). The van der Waals surface area contributed by atoms with Crippen LogP contribution in [-0.4, -0.2) is 33.3 Å². The second-order valence-corrected chi connectivity index (χ2v) is 7.79. The van der Waals surface area contributed by atoms with Crippen LogP contribution in [0.5, 0.6) is 5.75 Å². The van der Waals surface area contributed by atoms with Gasteiger partial charge in [-0.15, -0.1) is 11.3 Å². The van der Waals surface area contributed by atoms with Gasteiger partial charge in [0.25, 0.3) is 0 Å². The summed E-state index contributed by atoms with van der Waals surface area (Å²) in [4.78, 5) is 9.82. The number of aryl methyl sites for hydroxylation is 2. The Morgan fingerprint density at radius 3 is 2.77 bits per heavy atom. The lowest BCUT2D eigenvalue weighted by Crippen LogP contribution is -2.14. The molecule has 3 N–H and O–H groups in total. The van der Waals surface area contributed by atoms with Crippen LogP contribution in [0.3, 0.4) is 0 Å². The van der Waals surface area contributed by atoms with Crippen molar-refractivity contribution in [3.8, 4) is 22.3 Å². The average Bonchev–Trinajstić information content (AvgIpc) is 3.44. The van der Waals surface area contributed by atoms with Crippen molar-refractivity contribution in [2.45, 2.75) is 13.8 Å². The minimum atomic E-state index is 0.405. The Labute approximate surface area is 184 Å². The van der Waals surface area contributed by atoms with Crippen LogP contribution in [0.25, 0.3) is 10.4 Å². The van der Waals surface area contributed by atoms with Gasteiger partial charge >= 0.3 is 0 Å². The summed E-state index contributed by atoms with van der Waals surface area (Å²) in [5.41, 5.74) is 3.18. The summed E-state index contributed by atoms with van der Waals surface area (Å²) in [6.45, 7) is 4.74. The number of nitrogens with one attached hydrogen (secondary N) is 3. The Morgan fingerprint density at radius 2 is 2.10 bits per heavy atom. The molecule has 4 rings (SSSR count). The Kier molecular flexibility index (Phi) is 6.10. The molecule has 0 aromatic carbocycles. The van der Waals surface area contributed by atoms with Crippen LogP contribution in [0.2, 0.25) is 0 Å². The third kappa shape index (κ3) is 4.99. The molecule has 31 heavy (non-hydrogen) atoms. The molecule has 4 aromatic heterocycles. The Balaban J connectivity index is 1.55. The predicted octanol–water partition coefficient (Wildman–Crippen LogP) is 4.65. The monoisotopic (exact) mass is 431 g/mol. The summed E-state index contributed by atoms with van der Waals surface area (Å²) in [5, 5.41) is 25.4. The molecule has 0 aliphatic carbocycles. The number of nitriles is 1. The van der Waals surface area contributed by atoms with Gasteiger partial charge in [-0.3, -0.25) is 10.1 Å². The third-order valence-electron chi connectivity index (χ3n) is 4.43. The maximum absolute atomic E-state index is 9.84. The highest BCUT2D eigenvalue weighted by Crippen LogP contribution is 2.33. The van der Waals surface area contributed by atoms with Gasteiger partial charge in [0, 0.05) is 27.9 Å². The molecule has 0 fully saturated rings. The Hall–Kier alpha value is -3.90. The number of anilines is 3. The number of ether oxygens (including phenoxy) is 1. The maximum atomic E-state index is 9.84. The normalized spacial score (nSPS) is 10.5. The molecule has 4 heterocycles. The molecule has 4 aromatic rings. The van der Waals surface area contributed by atoms with Crippen LogP contribution >= 0.6 is 11.3 Å². The van der Waals surface area contributed by atoms with E-state index >= 15 is 0 Å². The number of pyridine rings is 2. The second-order valence-electron chi connectivity index (χ2n) is 6.84. The zero-order chi connectivity index (χ0) is 21.6. The summed E-state index contributed by atoms with van der Waals surface area (Å²) in [7, 11) is 0. The van der Waals surface area contributed by atoms with E-state index in [1.807, 2.05) is 55.6 Å². The van der Waals surface area contributed by atoms with Crippen LogP contribution in [-0.2, 0) is 0 Å². The van der Waals surface area contributed by atoms with Crippen LogP contribution in [0.1, 0.15) is 17.0 Å². The van der Waals surface area contributed by atoms with Crippen LogP contribution in [0, 0.1) is 25.2 Å². The minimum Gasteiger partial charge on any atom is -0.490 e. The summed E-state index contributed by atoms with van der Waals surface area (Å²) in [6.07, 6.45) is 1.69. The Morgan fingerprint density at radius 1 is 1.19 bits per heavy atom. The van der Waals surface area contributed by atoms with E-state index in [4.69, 9.17) is 4.74 Å². The van der Waals surface area contributed by atoms with Gasteiger partial charge in [-0.1, -0.05) is 6.07 Å². The summed E-state index contributed by atoms with van der Waals surface area (Å²) in [6, 6.07) is 13.8. The van der Waals surface area contributed by atoms with Crippen molar-refractivity contribution in [3.05, 3.63) is 64.9 Å². The summed E-state index contributed by atoms with van der Waals surface area (Å²) in [5.74, 6) is 2.45. The summed E-state index contributed by atoms with van der Waals surface area (Å²) < 4.78 is 5.72. The quantitative estimate of drug-likeness (QED) is 0.348. The molecule has 0 bridgehead atoms. The van der Waals surface area contributed by atoms with E-state index in [2.05, 4.69) is 36.9 Å². The largest absolute Gasteiger partial charge is 0.490 e. The van der Waals surface area contributed by atoms with E-state index in [0.717, 1.165) is 21.8 Å². The molecule has 0 aliphatic rings. The molecule has 8 nitrogen and oxygen atoms in total. The predicted molar refractivity (Wildman–Crippen MR) is 122 cm³/mol. The van der Waals surface area contributed by atoms with Gasteiger partial charge in [-0.25, -0.2) is 4.98 Å². The van der Waals surface area contributed by atoms with Crippen molar-refractivity contribution in [1.82, 2.24) is 20.2 Å². The van der Waals surface area contributed by atoms with Crippen molar-refractivity contribution < 1.29 is 4.74 Å². The highest BCUT2D eigenvalue weighted by atomic mass is 32.1. The topological polar surface area (TPSA) is 112 Å². The fourth-order valence-corrected chi connectivity index (χ4v) is 3.72. The molecule has 0 saturated carbocycles. The first-order valence-corrected chi connectivity index (χ1v) is 10.6. The number of aromatic amines is 1. The number of nitrogens with zero attached hydrogens (tertiary/aromatic N) is 4. The molecular formula is C22H21N7OS. The maximum Gasteiger partial charge on any atom is 0.153 e. The smallest absolute Gasteiger partial charge is 0.153 e. The van der Waals surface area contributed by atoms with E-state index in [1.54, 1.807) is 17.5 Å². The lowest BCUT2D eigenvalue weighted by molar-refractivity contribution is 0.331. The number of hydrogen-bond donors (Lipinski definition) is 3. The first-order valence-electron chi connectivity index (χ1n) is 9.70. The van der Waals surface area contributed by atoms with Crippen molar-refractivity contribution in [1.29, 1.82) is 5.26 Å². The van der Waals surface area contributed by atoms with Crippen molar-refractivity contribution in [3.63, 3.8) is 0 Å². The van der Waals surface area contributed by atoms with Gasteiger partial charge in [-0.2, -0.15) is 10.4 Å². The first-order chi connectivity index (χ1) is 15.1. The van der Waals surface area contributed by atoms with E-state index in [0.29, 0.717) is 41.9 Å². The number of hydrogen-bond acceptors (Lipinski definition) is 8. The zero-order valence-electron chi connectivity index (χ0n) is 17.1. The van der Waals surface area contributed by atoms with Gasteiger partial charge in [0.2, 0.25) is 0 Å². The van der Waals surface area contributed by atoms with E-state index in [1.165, 1.54) is 0 Å². The van der Waals surface area contributed by atoms with Gasteiger partial charge in [-0.05, 0) is 43.5 Å². The highest BCUT2D eigenvalue weighted by molar-refractivity contribution is 7.13. The molecule has 0 aliphatic heterocycles. The molecule has 0 spiro atoms. The number of rotatable bonds is 8. The fourth-order valence-electron chi connectivity index (χ4n) is 2.97. The van der Waals surface area contributed by atoms with Crippen molar-refractivity contribution in [2.75, 3.05) is 23.8 Å². The SMILES string of the molecule is Cc1ccc(OCCNc2nc(Nc3cc(C)[nH]n3)cc(-c3cccs3)c2C#N)cn1. The molecule has 156 valence electrons. The average molecular weight is 432 g/mol. The van der Waals surface area contributed by atoms with Gasteiger partial charge < -0.3 is 15.4 Å². The van der Waals surface area contributed by atoms with E-state index in [-0.39, 0.29) is 0 Å². The van der Waals surface area contributed by atoms with Gasteiger partial charge in [0.1, 0.15) is 35.6 Å². The minimum absolute atomic E-state index is 0.405. The van der Waals surface area contributed by atoms with Crippen LogP contribution < -0.4 is 15.4 Å². The lowest BCUT2D eigenvalue weighted by Gasteiger charge is -2.14. The van der Waals surface area contributed by atoms with Crippen LogP contribution in [0.4, 0.5) is 17.5 Å². The molecular weight excluding hydrogens is 410 g/mol. The Bertz CT molecular complexity index is 1190.